The van der Waals surface area contributed by atoms with Crippen molar-refractivity contribution in [3.8, 4) is 0 Å². The van der Waals surface area contributed by atoms with E-state index in [2.05, 4.69) is 19.9 Å². The van der Waals surface area contributed by atoms with E-state index in [1.165, 1.54) is 6.08 Å². The Morgan fingerprint density at radius 3 is 2.28 bits per heavy atom. The van der Waals surface area contributed by atoms with E-state index in [1.54, 1.807) is 24.5 Å². The second kappa shape index (κ2) is 6.25. The van der Waals surface area contributed by atoms with Crippen molar-refractivity contribution in [3.63, 3.8) is 0 Å². The van der Waals surface area contributed by atoms with Gasteiger partial charge in [-0.25, -0.2) is 4.98 Å². The Bertz CT molecular complexity index is 1140. The summed E-state index contributed by atoms with van der Waals surface area (Å²) < 4.78 is 5.16. The Balaban J connectivity index is 2.14. The first kappa shape index (κ1) is 17.0. The van der Waals surface area contributed by atoms with Gasteiger partial charge in [0.1, 0.15) is 16.5 Å². The highest BCUT2D eigenvalue weighted by Crippen LogP contribution is 2.22. The molecule has 0 amide bonds. The molecule has 3 N–H and O–H groups in total. The summed E-state index contributed by atoms with van der Waals surface area (Å²) >= 11 is 5.69. The van der Waals surface area contributed by atoms with Crippen LogP contribution in [0, 0.1) is 0 Å². The summed E-state index contributed by atoms with van der Waals surface area (Å²) in [6, 6.07) is 3.15. The summed E-state index contributed by atoms with van der Waals surface area (Å²) in [5.41, 5.74) is 0.399. The molecule has 0 radical (unpaired) electrons. The van der Waals surface area contributed by atoms with Crippen LogP contribution < -0.4 is 21.8 Å². The zero-order valence-electron chi connectivity index (χ0n) is 13.9. The molecule has 0 aromatic carbocycles. The van der Waals surface area contributed by atoms with E-state index in [4.69, 9.17) is 16.0 Å². The molecule has 3 aromatic rings. The van der Waals surface area contributed by atoms with Gasteiger partial charge in [0.25, 0.3) is 11.1 Å². The maximum absolute atomic E-state index is 12.3. The average Bonchev–Trinajstić information content (AvgIpc) is 3.13. The third kappa shape index (κ3) is 3.66. The highest BCUT2D eigenvalue weighted by atomic mass is 35.5. The fourth-order valence-electron chi connectivity index (χ4n) is 2.40. The third-order valence-corrected chi connectivity index (χ3v) is 3.77. The van der Waals surface area contributed by atoms with E-state index >= 15 is 0 Å². The monoisotopic (exact) mass is 360 g/mol. The van der Waals surface area contributed by atoms with Crippen molar-refractivity contribution in [1.82, 2.24) is 19.9 Å². The first-order valence-corrected chi connectivity index (χ1v) is 7.97. The van der Waals surface area contributed by atoms with E-state index in [0.29, 0.717) is 11.5 Å². The van der Waals surface area contributed by atoms with Gasteiger partial charge in [-0.15, -0.1) is 0 Å². The lowest BCUT2D eigenvalue weighted by atomic mass is 9.90. The van der Waals surface area contributed by atoms with Crippen molar-refractivity contribution in [2.45, 2.75) is 26.2 Å². The van der Waals surface area contributed by atoms with Gasteiger partial charge in [0.05, 0.1) is 12.0 Å². The zero-order chi connectivity index (χ0) is 18.2. The highest BCUT2D eigenvalue weighted by Gasteiger charge is 2.19. The van der Waals surface area contributed by atoms with Gasteiger partial charge >= 0.3 is 0 Å². The molecule has 0 fully saturated rings. The summed E-state index contributed by atoms with van der Waals surface area (Å²) in [5.74, 6) is 0.366. The molecule has 3 rings (SSSR count). The smallest absolute Gasteiger partial charge is 0.272 e. The molecule has 130 valence electrons. The molecule has 0 atom stereocenters. The molecule has 0 saturated carbocycles. The van der Waals surface area contributed by atoms with Gasteiger partial charge in [0.2, 0.25) is 0 Å². The maximum Gasteiger partial charge on any atom is 0.272 e. The molecular formula is C17H17ClN4O3. The number of halogens is 1. The van der Waals surface area contributed by atoms with Gasteiger partial charge in [-0.3, -0.25) is 9.59 Å². The van der Waals surface area contributed by atoms with Crippen LogP contribution in [0.5, 0.6) is 0 Å². The Kier molecular flexibility index (Phi) is 4.26. The van der Waals surface area contributed by atoms with Gasteiger partial charge < -0.3 is 19.4 Å². The van der Waals surface area contributed by atoms with Crippen molar-refractivity contribution in [3.05, 3.63) is 72.2 Å². The van der Waals surface area contributed by atoms with Crippen LogP contribution in [0.25, 0.3) is 12.2 Å². The minimum Gasteiger partial charge on any atom is -0.445 e. The molecule has 0 aliphatic heterocycles. The first-order chi connectivity index (χ1) is 11.7. The summed E-state index contributed by atoms with van der Waals surface area (Å²) in [7, 11) is 0. The molecule has 7 nitrogen and oxygen atoms in total. The number of furan rings is 1. The quantitative estimate of drug-likeness (QED) is 0.633. The van der Waals surface area contributed by atoms with Crippen LogP contribution in [-0.2, 0) is 5.41 Å². The number of nitrogens with zero attached hydrogens (tertiary/aromatic N) is 1. The fourth-order valence-corrected chi connectivity index (χ4v) is 2.55. The molecule has 0 unspecified atom stereocenters. The van der Waals surface area contributed by atoms with Crippen LogP contribution in [0.15, 0.2) is 32.5 Å². The Morgan fingerprint density at radius 1 is 1.08 bits per heavy atom. The first-order valence-electron chi connectivity index (χ1n) is 7.59. The number of hydrogen-bond acceptors (Lipinski definition) is 4. The third-order valence-electron chi connectivity index (χ3n) is 3.57. The predicted octanol–water partition coefficient (Wildman–Crippen LogP) is 0.988. The highest BCUT2D eigenvalue weighted by molar-refractivity contribution is 6.28. The number of H-pyrrole nitrogens is 3. The van der Waals surface area contributed by atoms with Gasteiger partial charge in [-0.05, 0) is 29.8 Å². The van der Waals surface area contributed by atoms with E-state index in [-0.39, 0.29) is 21.3 Å². The van der Waals surface area contributed by atoms with E-state index in [0.717, 1.165) is 5.69 Å². The van der Waals surface area contributed by atoms with Crippen molar-refractivity contribution < 1.29 is 4.42 Å². The predicted molar refractivity (Wildman–Crippen MR) is 95.1 cm³/mol. The lowest BCUT2D eigenvalue weighted by Crippen LogP contribution is -2.46. The van der Waals surface area contributed by atoms with Crippen LogP contribution in [0.3, 0.4) is 0 Å². The molecule has 0 bridgehead atoms. The number of imidazole rings is 1. The van der Waals surface area contributed by atoms with Gasteiger partial charge in [-0.1, -0.05) is 20.8 Å². The van der Waals surface area contributed by atoms with Crippen LogP contribution in [0.4, 0.5) is 0 Å². The number of rotatable bonds is 2. The van der Waals surface area contributed by atoms with Crippen LogP contribution in [0.1, 0.15) is 37.9 Å². The van der Waals surface area contributed by atoms with E-state index in [9.17, 15) is 9.59 Å². The normalized spacial score (nSPS) is 13.6. The van der Waals surface area contributed by atoms with Crippen molar-refractivity contribution >= 4 is 23.8 Å². The average molecular weight is 361 g/mol. The molecular weight excluding hydrogens is 344 g/mol. The van der Waals surface area contributed by atoms with Crippen LogP contribution >= 0.6 is 11.6 Å². The molecule has 0 saturated heterocycles. The standard InChI is InChI=1S/C17H17ClN4O3/c1-17(2,3)14-10(19-8-20-14)7-12-16(24)21-11(15(23)22-12)6-9-4-5-13(18)25-9/h4-8H,1-3H3,(H,19,20)(H,21,24)(H,22,23)/b11-6-,12-7-. The van der Waals surface area contributed by atoms with Crippen LogP contribution in [-0.4, -0.2) is 19.9 Å². The zero-order valence-corrected chi connectivity index (χ0v) is 14.7. The molecule has 25 heavy (non-hydrogen) atoms. The number of nitrogens with one attached hydrogen (secondary N) is 3. The fraction of sp³-hybridized carbons (Fsp3) is 0.235. The summed E-state index contributed by atoms with van der Waals surface area (Å²) in [5, 5.41) is 0.395. The molecule has 3 aromatic heterocycles. The second-order valence-corrected chi connectivity index (χ2v) is 6.95. The lowest BCUT2D eigenvalue weighted by molar-refractivity contribution is 0.558. The van der Waals surface area contributed by atoms with Gasteiger partial charge in [-0.2, -0.15) is 0 Å². The van der Waals surface area contributed by atoms with E-state index in [1.807, 2.05) is 20.8 Å². The minimum absolute atomic E-state index is 0.0752. The van der Waals surface area contributed by atoms with Gasteiger partial charge in [0.15, 0.2) is 5.22 Å². The largest absolute Gasteiger partial charge is 0.445 e. The second-order valence-electron chi connectivity index (χ2n) is 6.58. The van der Waals surface area contributed by atoms with E-state index < -0.39 is 11.1 Å². The Hall–Kier alpha value is -2.80. The van der Waals surface area contributed by atoms with Crippen molar-refractivity contribution in [2.24, 2.45) is 0 Å². The molecule has 0 aliphatic rings. The lowest BCUT2D eigenvalue weighted by Gasteiger charge is -2.16. The summed E-state index contributed by atoms with van der Waals surface area (Å²) in [6.45, 7) is 6.08. The number of aromatic amines is 3. The number of aromatic nitrogens is 4. The Morgan fingerprint density at radius 2 is 1.72 bits per heavy atom. The van der Waals surface area contributed by atoms with Crippen LogP contribution in [0.2, 0.25) is 5.22 Å². The maximum atomic E-state index is 12.3. The molecule has 8 heteroatoms. The minimum atomic E-state index is -0.453. The SMILES string of the molecule is CC(C)(C)c1[nH]cnc1/C=c1\[nH]c(=O)/c(=C/c2ccc(Cl)o2)[nH]c1=O. The van der Waals surface area contributed by atoms with Crippen molar-refractivity contribution in [2.75, 3.05) is 0 Å². The molecule has 3 heterocycles. The van der Waals surface area contributed by atoms with Gasteiger partial charge in [0, 0.05) is 17.2 Å². The molecule has 0 aliphatic carbocycles. The topological polar surface area (TPSA) is 108 Å². The Labute approximate surface area is 147 Å². The number of hydrogen-bond donors (Lipinski definition) is 3. The molecule has 0 spiro atoms. The summed E-state index contributed by atoms with van der Waals surface area (Å²) in [6.07, 6.45) is 4.51. The van der Waals surface area contributed by atoms with Crippen molar-refractivity contribution in [1.29, 1.82) is 0 Å². The summed E-state index contributed by atoms with van der Waals surface area (Å²) in [4.78, 5) is 36.9.